The van der Waals surface area contributed by atoms with Crippen LogP contribution in [0.25, 0.3) is 28.0 Å². The molecule has 2 aromatic heterocycles. The molecule has 13 nitrogen and oxygen atoms in total. The molecule has 2 fully saturated rings. The van der Waals surface area contributed by atoms with Crippen molar-refractivity contribution in [2.75, 3.05) is 27.3 Å². The van der Waals surface area contributed by atoms with Crippen molar-refractivity contribution in [1.29, 1.82) is 0 Å². The zero-order valence-electron chi connectivity index (χ0n) is 34.0. The first-order valence-corrected chi connectivity index (χ1v) is 20.3. The molecular weight excluding hydrogens is 733 g/mol. The van der Waals surface area contributed by atoms with Gasteiger partial charge in [-0.15, -0.1) is 0 Å². The fourth-order valence-electron chi connectivity index (χ4n) is 8.55. The molecule has 5 atom stereocenters. The van der Waals surface area contributed by atoms with Gasteiger partial charge in [0, 0.05) is 49.2 Å². The third-order valence-corrected chi connectivity index (χ3v) is 11.8. The van der Waals surface area contributed by atoms with E-state index < -0.39 is 18.2 Å². The van der Waals surface area contributed by atoms with Gasteiger partial charge in [-0.2, -0.15) is 0 Å². The molecule has 0 saturated carbocycles. The van der Waals surface area contributed by atoms with Crippen molar-refractivity contribution in [2.24, 2.45) is 10.9 Å². The SMILES string of the molecule is COC(=O)N[C@@H](Cc1ccccn1)C(C)N1CCC[C@H]1c1ncc(-c2ccc(-c3ccc(C4=CN=C([C@@H]5CCCN5C(=O)[C@@H](NC(=O)OC)C(C)C)C4)cc3)cc2)[nH]1. The Kier molecular flexibility index (Phi) is 12.7. The number of imidazole rings is 1. The second kappa shape index (κ2) is 18.2. The highest BCUT2D eigenvalue weighted by Crippen LogP contribution is 2.35. The summed E-state index contributed by atoms with van der Waals surface area (Å²) in [5.41, 5.74) is 8.36. The number of allylic oxidation sites excluding steroid dienone is 1. The number of H-pyrrole nitrogens is 1. The van der Waals surface area contributed by atoms with Crippen molar-refractivity contribution < 1.29 is 23.9 Å². The minimum atomic E-state index is -0.653. The van der Waals surface area contributed by atoms with Gasteiger partial charge in [0.2, 0.25) is 5.91 Å². The van der Waals surface area contributed by atoms with Crippen molar-refractivity contribution in [3.63, 3.8) is 0 Å². The molecular formula is C45H54N8O5. The average Bonchev–Trinajstić information content (AvgIpc) is 4.09. The zero-order valence-corrected chi connectivity index (χ0v) is 34.0. The summed E-state index contributed by atoms with van der Waals surface area (Å²) >= 11 is 0. The number of hydrogen-bond donors (Lipinski definition) is 3. The summed E-state index contributed by atoms with van der Waals surface area (Å²) in [7, 11) is 2.69. The number of alkyl carbamates (subject to hydrolysis) is 2. The van der Waals surface area contributed by atoms with E-state index in [-0.39, 0.29) is 36.0 Å². The molecule has 0 spiro atoms. The second-order valence-electron chi connectivity index (χ2n) is 15.7. The number of nitrogens with one attached hydrogen (secondary N) is 3. The first-order chi connectivity index (χ1) is 28.1. The lowest BCUT2D eigenvalue weighted by Gasteiger charge is -2.35. The summed E-state index contributed by atoms with van der Waals surface area (Å²) in [4.78, 5) is 60.0. The van der Waals surface area contributed by atoms with Crippen LogP contribution in [0, 0.1) is 5.92 Å². The van der Waals surface area contributed by atoms with Crippen molar-refractivity contribution in [3.05, 3.63) is 102 Å². The number of methoxy groups -OCH3 is 2. The Hall–Kier alpha value is -5.82. The summed E-state index contributed by atoms with van der Waals surface area (Å²) in [6.45, 7) is 7.54. The molecule has 0 bridgehead atoms. The molecule has 0 aliphatic carbocycles. The Balaban J connectivity index is 0.970. The maximum atomic E-state index is 13.6. The third kappa shape index (κ3) is 8.99. The molecule has 2 saturated heterocycles. The van der Waals surface area contributed by atoms with Gasteiger partial charge in [-0.1, -0.05) is 68.4 Å². The Morgan fingerprint density at radius 3 is 2.14 bits per heavy atom. The second-order valence-corrected chi connectivity index (χ2v) is 15.7. The molecule has 13 heteroatoms. The number of nitrogens with zero attached hydrogens (tertiary/aromatic N) is 5. The summed E-state index contributed by atoms with van der Waals surface area (Å²) < 4.78 is 9.75. The van der Waals surface area contributed by atoms with Gasteiger partial charge in [-0.3, -0.25) is 19.7 Å². The lowest BCUT2D eigenvalue weighted by Crippen LogP contribution is -2.53. The van der Waals surface area contributed by atoms with E-state index in [1.807, 2.05) is 49.3 Å². The van der Waals surface area contributed by atoms with Crippen LogP contribution < -0.4 is 10.6 Å². The predicted molar refractivity (Wildman–Crippen MR) is 224 cm³/mol. The molecule has 3 N–H and O–H groups in total. The van der Waals surface area contributed by atoms with Gasteiger partial charge < -0.3 is 30.0 Å². The number of carbonyl (C=O) groups excluding carboxylic acids is 3. The van der Waals surface area contributed by atoms with Crippen molar-refractivity contribution >= 4 is 29.4 Å². The normalized spacial score (nSPS) is 19.7. The van der Waals surface area contributed by atoms with Gasteiger partial charge >= 0.3 is 12.2 Å². The number of amides is 3. The van der Waals surface area contributed by atoms with Gasteiger partial charge in [0.1, 0.15) is 11.9 Å². The van der Waals surface area contributed by atoms with Crippen molar-refractivity contribution in [2.45, 2.75) is 89.5 Å². The number of aliphatic imine (C=N–C) groups is 1. The van der Waals surface area contributed by atoms with Gasteiger partial charge in [0.05, 0.1) is 44.2 Å². The summed E-state index contributed by atoms with van der Waals surface area (Å²) in [6, 6.07) is 22.1. The first kappa shape index (κ1) is 40.4. The van der Waals surface area contributed by atoms with Crippen LogP contribution in [0.3, 0.4) is 0 Å². The quantitative estimate of drug-likeness (QED) is 0.129. The fourth-order valence-corrected chi connectivity index (χ4v) is 8.55. The van der Waals surface area contributed by atoms with E-state index in [9.17, 15) is 14.4 Å². The summed E-state index contributed by atoms with van der Waals surface area (Å²) in [5.74, 6) is 0.750. The molecule has 5 heterocycles. The van der Waals surface area contributed by atoms with E-state index in [0.29, 0.717) is 19.4 Å². The fraction of sp³-hybridized carbons (Fsp3) is 0.422. The molecule has 3 aliphatic rings. The number of aromatic nitrogens is 3. The van der Waals surface area contributed by atoms with Gasteiger partial charge in [0.25, 0.3) is 0 Å². The maximum Gasteiger partial charge on any atom is 0.407 e. The van der Waals surface area contributed by atoms with Crippen LogP contribution in [0.5, 0.6) is 0 Å². The van der Waals surface area contributed by atoms with E-state index in [0.717, 1.165) is 83.0 Å². The minimum absolute atomic E-state index is 0.0153. The third-order valence-electron chi connectivity index (χ3n) is 11.8. The van der Waals surface area contributed by atoms with E-state index in [1.54, 1.807) is 6.20 Å². The summed E-state index contributed by atoms with van der Waals surface area (Å²) in [6.07, 6.45) is 9.59. The van der Waals surface area contributed by atoms with Crippen LogP contribution in [0.4, 0.5) is 9.59 Å². The number of pyridine rings is 1. The zero-order chi connectivity index (χ0) is 40.8. The van der Waals surface area contributed by atoms with Crippen LogP contribution in [0.15, 0.2) is 90.3 Å². The molecule has 3 amide bonds. The van der Waals surface area contributed by atoms with Gasteiger partial charge in [-0.05, 0) is 85.0 Å². The van der Waals surface area contributed by atoms with Crippen LogP contribution in [-0.2, 0) is 20.7 Å². The lowest BCUT2D eigenvalue weighted by atomic mass is 9.95. The van der Waals surface area contributed by atoms with Crippen molar-refractivity contribution in [3.8, 4) is 22.4 Å². The highest BCUT2D eigenvalue weighted by molar-refractivity contribution is 6.03. The van der Waals surface area contributed by atoms with Crippen LogP contribution in [-0.4, -0.2) is 100 Å². The lowest BCUT2D eigenvalue weighted by molar-refractivity contribution is -0.134. The smallest absolute Gasteiger partial charge is 0.407 e. The average molecular weight is 787 g/mol. The van der Waals surface area contributed by atoms with Gasteiger partial charge in [-0.25, -0.2) is 14.6 Å². The number of hydrogen-bond acceptors (Lipinski definition) is 9. The van der Waals surface area contributed by atoms with E-state index in [1.165, 1.54) is 14.2 Å². The van der Waals surface area contributed by atoms with Crippen LogP contribution >= 0.6 is 0 Å². The number of likely N-dealkylation sites (tertiary alicyclic amines) is 2. The number of carbonyl (C=O) groups is 3. The standard InChI is InChI=1S/C45H54N8O5/c1-28(2)41(51-45(56)58-5)43(54)53-23-8-11-39(53)37-24-34(26-47-37)32-15-13-30(14-16-32)31-17-19-33(20-18-31)38-27-48-42(49-38)40-12-9-22-52(40)29(3)36(50-44(55)57-4)25-35-10-6-7-21-46-35/h6-7,10,13-21,26-29,36,39-41H,8-9,11-12,22-25H2,1-5H3,(H,48,49)(H,50,55)(H,51,56)/t29?,36-,39-,40-,41-/m0/s1. The molecule has 58 heavy (non-hydrogen) atoms. The topological polar surface area (TPSA) is 154 Å². The Morgan fingerprint density at radius 1 is 0.810 bits per heavy atom. The number of ether oxygens (including phenoxy) is 2. The molecule has 3 aliphatic heterocycles. The predicted octanol–water partition coefficient (Wildman–Crippen LogP) is 7.19. The molecule has 7 rings (SSSR count). The molecule has 1 unspecified atom stereocenters. The molecule has 4 aromatic rings. The summed E-state index contributed by atoms with van der Waals surface area (Å²) in [5, 5.41) is 5.78. The Bertz CT molecular complexity index is 2110. The monoisotopic (exact) mass is 786 g/mol. The largest absolute Gasteiger partial charge is 0.453 e. The molecule has 2 aromatic carbocycles. The van der Waals surface area contributed by atoms with E-state index >= 15 is 0 Å². The first-order valence-electron chi connectivity index (χ1n) is 20.3. The number of rotatable bonds is 13. The van der Waals surface area contributed by atoms with Crippen LogP contribution in [0.2, 0.25) is 0 Å². The number of benzene rings is 2. The minimum Gasteiger partial charge on any atom is -0.453 e. The van der Waals surface area contributed by atoms with E-state index in [4.69, 9.17) is 19.5 Å². The molecule has 304 valence electrons. The van der Waals surface area contributed by atoms with Gasteiger partial charge in [0.15, 0.2) is 0 Å². The number of aromatic amines is 1. The van der Waals surface area contributed by atoms with Crippen molar-refractivity contribution in [1.82, 2.24) is 35.4 Å². The maximum absolute atomic E-state index is 13.6. The van der Waals surface area contributed by atoms with Crippen LogP contribution in [0.1, 0.15) is 76.0 Å². The van der Waals surface area contributed by atoms with E-state index in [2.05, 4.69) is 81.0 Å². The molecule has 0 radical (unpaired) electrons. The Morgan fingerprint density at radius 2 is 1.47 bits per heavy atom. The highest BCUT2D eigenvalue weighted by atomic mass is 16.5. The Labute approximate surface area is 340 Å². The highest BCUT2D eigenvalue weighted by Gasteiger charge is 2.39.